The largest absolute Gasteiger partial charge is 0.478 e. The predicted molar refractivity (Wildman–Crippen MR) is 115 cm³/mol. The lowest BCUT2D eigenvalue weighted by molar-refractivity contribution is -0.204. The van der Waals surface area contributed by atoms with E-state index in [1.807, 2.05) is 6.92 Å². The zero-order valence-electron chi connectivity index (χ0n) is 17.9. The molecule has 1 fully saturated rings. The van der Waals surface area contributed by atoms with E-state index >= 15 is 0 Å². The van der Waals surface area contributed by atoms with Gasteiger partial charge in [0.25, 0.3) is 0 Å². The quantitative estimate of drug-likeness (QED) is 0.626. The van der Waals surface area contributed by atoms with Crippen LogP contribution in [0.15, 0.2) is 53.4 Å². The Morgan fingerprint density at radius 3 is 2.21 bits per heavy atom. The highest BCUT2D eigenvalue weighted by atomic mass is 32.2. The molecule has 7 nitrogen and oxygen atoms in total. The maximum absolute atomic E-state index is 12.8. The Labute approximate surface area is 190 Å². The fourth-order valence-corrected chi connectivity index (χ4v) is 4.92. The van der Waals surface area contributed by atoms with E-state index in [0.29, 0.717) is 18.5 Å². The van der Waals surface area contributed by atoms with E-state index in [-0.39, 0.29) is 29.6 Å². The molecule has 11 heteroatoms. The van der Waals surface area contributed by atoms with Gasteiger partial charge in [-0.3, -0.25) is 4.79 Å². The van der Waals surface area contributed by atoms with E-state index < -0.39 is 34.8 Å². The number of amides is 1. The highest BCUT2D eigenvalue weighted by molar-refractivity contribution is 7.89. The van der Waals surface area contributed by atoms with Crippen LogP contribution in [-0.4, -0.2) is 55.7 Å². The van der Waals surface area contributed by atoms with E-state index in [2.05, 4.69) is 5.32 Å². The molecule has 2 N–H and O–H groups in total. The number of alkyl halides is 3. The Balaban J connectivity index is 1.54. The van der Waals surface area contributed by atoms with Crippen LogP contribution >= 0.6 is 0 Å². The number of ether oxygens (including phenoxy) is 1. The summed E-state index contributed by atoms with van der Waals surface area (Å²) in [7, 11) is -3.62. The third kappa shape index (κ3) is 6.24. The molecule has 1 heterocycles. The molecule has 1 atom stereocenters. The van der Waals surface area contributed by atoms with Crippen molar-refractivity contribution in [3.63, 3.8) is 0 Å². The molecule has 0 aromatic heterocycles. The number of aryl methyl sites for hydroxylation is 1. The van der Waals surface area contributed by atoms with Crippen LogP contribution in [-0.2, 0) is 14.8 Å². The molecule has 2 aromatic rings. The number of nitrogens with zero attached hydrogens (tertiary/aromatic N) is 1. The van der Waals surface area contributed by atoms with E-state index in [1.54, 1.807) is 24.3 Å². The van der Waals surface area contributed by atoms with Crippen LogP contribution in [0, 0.1) is 12.8 Å². The Hall–Kier alpha value is -2.63. The first kappa shape index (κ1) is 25.0. The van der Waals surface area contributed by atoms with E-state index in [4.69, 9.17) is 9.84 Å². The normalized spacial score (nSPS) is 16.9. The van der Waals surface area contributed by atoms with Crippen molar-refractivity contribution in [3.8, 4) is 5.75 Å². The molecule has 0 aliphatic carbocycles. The van der Waals surface area contributed by atoms with Crippen molar-refractivity contribution in [2.24, 2.45) is 5.92 Å². The molecule has 3 rings (SSSR count). The standard InChI is InChI=1S/C22H25F3N2O5S/c1-15-2-8-19(9-3-15)33(30,31)27-12-10-16(11-13-27)21(29)26-17-4-6-18(7-5-17)32-20(14-28)22(23,24)25/h2-9,16,20,28H,10-14H2,1H3,(H,26,29). The number of carbonyl (C=O) groups is 1. The predicted octanol–water partition coefficient (Wildman–Crippen LogP) is 3.34. The number of aliphatic hydroxyl groups is 1. The van der Waals surface area contributed by atoms with Crippen LogP contribution < -0.4 is 10.1 Å². The first-order valence-electron chi connectivity index (χ1n) is 10.3. The lowest BCUT2D eigenvalue weighted by atomic mass is 9.97. The molecule has 180 valence electrons. The minimum absolute atomic E-state index is 0.0982. The Kier molecular flexibility index (Phi) is 7.65. The van der Waals surface area contributed by atoms with Gasteiger partial charge < -0.3 is 15.2 Å². The van der Waals surface area contributed by atoms with Crippen molar-refractivity contribution in [2.45, 2.75) is 36.9 Å². The van der Waals surface area contributed by atoms with E-state index in [9.17, 15) is 26.4 Å². The maximum atomic E-state index is 12.8. The first-order chi connectivity index (χ1) is 15.5. The van der Waals surface area contributed by atoms with Gasteiger partial charge in [-0.15, -0.1) is 0 Å². The summed E-state index contributed by atoms with van der Waals surface area (Å²) in [5.74, 6) is -0.784. The molecule has 1 aliphatic heterocycles. The van der Waals surface area contributed by atoms with Gasteiger partial charge in [-0.1, -0.05) is 17.7 Å². The number of sulfonamides is 1. The summed E-state index contributed by atoms with van der Waals surface area (Å²) in [6.07, 6.45) is -6.34. The number of carbonyl (C=O) groups excluding carboxylic acids is 1. The van der Waals surface area contributed by atoms with Crippen molar-refractivity contribution in [2.75, 3.05) is 25.0 Å². The number of halogens is 3. The molecule has 1 unspecified atom stereocenters. The zero-order valence-corrected chi connectivity index (χ0v) is 18.7. The smallest absolute Gasteiger partial charge is 0.427 e. The number of aliphatic hydroxyl groups excluding tert-OH is 1. The second-order valence-electron chi connectivity index (χ2n) is 7.84. The lowest BCUT2D eigenvalue weighted by Crippen LogP contribution is -2.41. The molecule has 1 aliphatic rings. The Morgan fingerprint density at radius 1 is 1.12 bits per heavy atom. The average molecular weight is 487 g/mol. The summed E-state index contributed by atoms with van der Waals surface area (Å²) >= 11 is 0. The Bertz CT molecular complexity index is 1050. The van der Waals surface area contributed by atoms with Gasteiger partial charge in [0.2, 0.25) is 22.0 Å². The van der Waals surface area contributed by atoms with Crippen LogP contribution in [0.25, 0.3) is 0 Å². The van der Waals surface area contributed by atoms with Crippen LogP contribution in [0.4, 0.5) is 18.9 Å². The van der Waals surface area contributed by atoms with Gasteiger partial charge in [-0.25, -0.2) is 8.42 Å². The molecule has 0 radical (unpaired) electrons. The number of hydrogen-bond donors (Lipinski definition) is 2. The lowest BCUT2D eigenvalue weighted by Gasteiger charge is -2.30. The summed E-state index contributed by atoms with van der Waals surface area (Å²) in [5.41, 5.74) is 1.33. The summed E-state index contributed by atoms with van der Waals surface area (Å²) in [4.78, 5) is 12.8. The summed E-state index contributed by atoms with van der Waals surface area (Å²) < 4.78 is 69.8. The van der Waals surface area contributed by atoms with Crippen molar-refractivity contribution < 1.29 is 36.2 Å². The molecular weight excluding hydrogens is 461 g/mol. The molecule has 33 heavy (non-hydrogen) atoms. The molecule has 2 aromatic carbocycles. The van der Waals surface area contributed by atoms with Crippen LogP contribution in [0.2, 0.25) is 0 Å². The van der Waals surface area contributed by atoms with Crippen LogP contribution in [0.1, 0.15) is 18.4 Å². The molecule has 0 saturated carbocycles. The summed E-state index contributed by atoms with van der Waals surface area (Å²) in [6, 6.07) is 11.9. The zero-order chi connectivity index (χ0) is 24.2. The highest BCUT2D eigenvalue weighted by Gasteiger charge is 2.41. The van der Waals surface area contributed by atoms with Gasteiger partial charge in [0.1, 0.15) is 5.75 Å². The Morgan fingerprint density at radius 2 is 1.70 bits per heavy atom. The fraction of sp³-hybridized carbons (Fsp3) is 0.409. The summed E-state index contributed by atoms with van der Waals surface area (Å²) in [6.45, 7) is 1.08. The van der Waals surface area contributed by atoms with Gasteiger partial charge in [-0.05, 0) is 56.2 Å². The fourth-order valence-electron chi connectivity index (χ4n) is 3.45. The third-order valence-electron chi connectivity index (χ3n) is 5.41. The van der Waals surface area contributed by atoms with Gasteiger partial charge in [0.15, 0.2) is 0 Å². The number of rotatable bonds is 7. The van der Waals surface area contributed by atoms with E-state index in [1.165, 1.54) is 28.6 Å². The summed E-state index contributed by atoms with van der Waals surface area (Å²) in [5, 5.41) is 11.5. The minimum Gasteiger partial charge on any atom is -0.478 e. The molecular formula is C22H25F3N2O5S. The average Bonchev–Trinajstić information content (AvgIpc) is 2.78. The SMILES string of the molecule is Cc1ccc(S(=O)(=O)N2CCC(C(=O)Nc3ccc(OC(CO)C(F)(F)F)cc3)CC2)cc1. The number of hydrogen-bond acceptors (Lipinski definition) is 5. The topological polar surface area (TPSA) is 95.9 Å². The minimum atomic E-state index is -4.70. The second-order valence-corrected chi connectivity index (χ2v) is 9.77. The number of benzene rings is 2. The number of piperidine rings is 1. The molecule has 0 bridgehead atoms. The highest BCUT2D eigenvalue weighted by Crippen LogP contribution is 2.27. The van der Waals surface area contributed by atoms with Crippen molar-refractivity contribution >= 4 is 21.6 Å². The van der Waals surface area contributed by atoms with Gasteiger partial charge >= 0.3 is 6.18 Å². The molecule has 1 saturated heterocycles. The number of nitrogens with one attached hydrogen (secondary N) is 1. The first-order valence-corrected chi connectivity index (χ1v) is 11.8. The second kappa shape index (κ2) is 10.1. The number of anilines is 1. The van der Waals surface area contributed by atoms with Crippen molar-refractivity contribution in [3.05, 3.63) is 54.1 Å². The van der Waals surface area contributed by atoms with Crippen molar-refractivity contribution in [1.82, 2.24) is 4.31 Å². The monoisotopic (exact) mass is 486 g/mol. The molecule has 0 spiro atoms. The molecule has 1 amide bonds. The van der Waals surface area contributed by atoms with Gasteiger partial charge in [-0.2, -0.15) is 17.5 Å². The maximum Gasteiger partial charge on any atom is 0.427 e. The van der Waals surface area contributed by atoms with Gasteiger partial charge in [0, 0.05) is 24.7 Å². The van der Waals surface area contributed by atoms with Gasteiger partial charge in [0.05, 0.1) is 11.5 Å². The van der Waals surface area contributed by atoms with Crippen LogP contribution in [0.5, 0.6) is 5.75 Å². The van der Waals surface area contributed by atoms with E-state index in [0.717, 1.165) is 5.56 Å². The van der Waals surface area contributed by atoms with Crippen molar-refractivity contribution in [1.29, 1.82) is 0 Å². The third-order valence-corrected chi connectivity index (χ3v) is 7.33. The van der Waals surface area contributed by atoms with Crippen LogP contribution in [0.3, 0.4) is 0 Å².